The topological polar surface area (TPSA) is 48.1 Å². The average Bonchev–Trinajstić information content (AvgIpc) is 2.74. The zero-order valence-electron chi connectivity index (χ0n) is 16.1. The molecule has 0 aliphatic rings. The van der Waals surface area contributed by atoms with Gasteiger partial charge in [-0.15, -0.1) is 12.4 Å². The Kier molecular flexibility index (Phi) is 4.99. The van der Waals surface area contributed by atoms with Gasteiger partial charge in [0.25, 0.3) is 0 Å². The average molecular weight is 401 g/mol. The van der Waals surface area contributed by atoms with E-state index in [0.29, 0.717) is 0 Å². The van der Waals surface area contributed by atoms with Crippen LogP contribution in [0.25, 0.3) is 32.6 Å². The summed E-state index contributed by atoms with van der Waals surface area (Å²) in [5.41, 5.74) is 11.6. The number of methoxy groups -OCH3 is 1. The Balaban J connectivity index is 0.00000205. The maximum Gasteiger partial charge on any atom is 0.118 e. The van der Waals surface area contributed by atoms with Crippen molar-refractivity contribution in [3.05, 3.63) is 90.0 Å². The van der Waals surface area contributed by atoms with Gasteiger partial charge in [-0.05, 0) is 47.2 Å². The minimum absolute atomic E-state index is 0. The van der Waals surface area contributed by atoms with Gasteiger partial charge in [0.1, 0.15) is 5.75 Å². The van der Waals surface area contributed by atoms with E-state index in [-0.39, 0.29) is 12.4 Å². The number of nitrogen functional groups attached to an aromatic ring is 1. The van der Waals surface area contributed by atoms with Crippen molar-refractivity contribution < 1.29 is 4.74 Å². The highest BCUT2D eigenvalue weighted by molar-refractivity contribution is 6.14. The van der Waals surface area contributed by atoms with Crippen LogP contribution >= 0.6 is 12.4 Å². The van der Waals surface area contributed by atoms with Gasteiger partial charge in [0.15, 0.2) is 0 Å². The third-order valence-electron chi connectivity index (χ3n) is 5.38. The lowest BCUT2D eigenvalue weighted by atomic mass is 9.94. The number of nitrogens with two attached hydrogens (primary N) is 1. The van der Waals surface area contributed by atoms with Crippen molar-refractivity contribution >= 4 is 50.7 Å². The number of hydrogen-bond acceptors (Lipinski definition) is 3. The predicted molar refractivity (Wildman–Crippen MR) is 124 cm³/mol. The van der Waals surface area contributed by atoms with E-state index in [4.69, 9.17) is 15.5 Å². The molecule has 29 heavy (non-hydrogen) atoms. The molecule has 4 aromatic carbocycles. The first-order valence-corrected chi connectivity index (χ1v) is 9.36. The number of anilines is 1. The summed E-state index contributed by atoms with van der Waals surface area (Å²) in [5.74, 6) is 0.868. The number of ether oxygens (including phenoxy) is 1. The van der Waals surface area contributed by atoms with Crippen molar-refractivity contribution in [3.8, 4) is 5.75 Å². The molecule has 1 aromatic heterocycles. The van der Waals surface area contributed by atoms with E-state index >= 15 is 0 Å². The highest BCUT2D eigenvalue weighted by Gasteiger charge is 2.13. The van der Waals surface area contributed by atoms with Crippen molar-refractivity contribution in [2.45, 2.75) is 6.42 Å². The highest BCUT2D eigenvalue weighted by atomic mass is 35.5. The largest absolute Gasteiger partial charge is 0.497 e. The van der Waals surface area contributed by atoms with Gasteiger partial charge in [0.2, 0.25) is 0 Å². The second kappa shape index (κ2) is 7.61. The zero-order chi connectivity index (χ0) is 19.1. The second-order valence-electron chi connectivity index (χ2n) is 7.04. The summed E-state index contributed by atoms with van der Waals surface area (Å²) in [5, 5.41) is 4.48. The van der Waals surface area contributed by atoms with Gasteiger partial charge < -0.3 is 10.5 Å². The Hall–Kier alpha value is -3.30. The molecule has 1 heterocycles. The maximum absolute atomic E-state index is 6.35. The van der Waals surface area contributed by atoms with E-state index in [1.54, 1.807) is 7.11 Å². The Morgan fingerprint density at radius 2 is 1.62 bits per heavy atom. The number of para-hydroxylation sites is 1. The number of pyridine rings is 1. The summed E-state index contributed by atoms with van der Waals surface area (Å²) in [6.45, 7) is 0. The number of nitrogens with zero attached hydrogens (tertiary/aromatic N) is 1. The first-order valence-electron chi connectivity index (χ1n) is 9.36. The summed E-state index contributed by atoms with van der Waals surface area (Å²) >= 11 is 0. The molecule has 5 aromatic rings. The minimum atomic E-state index is 0. The van der Waals surface area contributed by atoms with Crippen LogP contribution in [0.1, 0.15) is 11.1 Å². The van der Waals surface area contributed by atoms with Gasteiger partial charge in [-0.1, -0.05) is 54.6 Å². The van der Waals surface area contributed by atoms with Gasteiger partial charge in [-0.25, -0.2) is 4.98 Å². The van der Waals surface area contributed by atoms with Crippen LogP contribution in [-0.4, -0.2) is 12.1 Å². The fraction of sp³-hybridized carbons (Fsp3) is 0.0800. The third-order valence-corrected chi connectivity index (χ3v) is 5.38. The van der Waals surface area contributed by atoms with Crippen molar-refractivity contribution in [1.29, 1.82) is 0 Å². The van der Waals surface area contributed by atoms with Gasteiger partial charge in [-0.2, -0.15) is 0 Å². The number of halogens is 1. The summed E-state index contributed by atoms with van der Waals surface area (Å²) < 4.78 is 5.30. The van der Waals surface area contributed by atoms with E-state index in [1.807, 2.05) is 30.3 Å². The Labute approximate surface area is 175 Å². The lowest BCUT2D eigenvalue weighted by Crippen LogP contribution is -1.97. The fourth-order valence-corrected chi connectivity index (χ4v) is 3.98. The van der Waals surface area contributed by atoms with Crippen LogP contribution in [0.2, 0.25) is 0 Å². The van der Waals surface area contributed by atoms with Gasteiger partial charge in [0, 0.05) is 21.8 Å². The molecule has 0 radical (unpaired) electrons. The van der Waals surface area contributed by atoms with Crippen LogP contribution in [0.15, 0.2) is 78.9 Å². The maximum atomic E-state index is 6.35. The van der Waals surface area contributed by atoms with Crippen molar-refractivity contribution in [1.82, 2.24) is 4.98 Å². The third kappa shape index (κ3) is 3.24. The quantitative estimate of drug-likeness (QED) is 0.224. The molecular formula is C25H21ClN2O. The summed E-state index contributed by atoms with van der Waals surface area (Å²) in [6.07, 6.45) is 0.821. The van der Waals surface area contributed by atoms with E-state index in [2.05, 4.69) is 48.5 Å². The SMILES string of the molecule is COc1ccc(Cc2c3ccccc3nc3c2ccc2cccc(N)c23)cc1.Cl. The van der Waals surface area contributed by atoms with Crippen molar-refractivity contribution in [3.63, 3.8) is 0 Å². The monoisotopic (exact) mass is 400 g/mol. The molecule has 4 heteroatoms. The fourth-order valence-electron chi connectivity index (χ4n) is 3.98. The van der Waals surface area contributed by atoms with Crippen molar-refractivity contribution in [2.75, 3.05) is 12.8 Å². The number of aromatic nitrogens is 1. The van der Waals surface area contributed by atoms with E-state index in [9.17, 15) is 0 Å². The Bertz CT molecular complexity index is 1330. The normalized spacial score (nSPS) is 10.9. The zero-order valence-corrected chi connectivity index (χ0v) is 16.9. The minimum Gasteiger partial charge on any atom is -0.497 e. The van der Waals surface area contributed by atoms with E-state index < -0.39 is 0 Å². The number of fused-ring (bicyclic) bond motifs is 4. The number of benzene rings is 4. The smallest absolute Gasteiger partial charge is 0.118 e. The molecule has 0 saturated heterocycles. The lowest BCUT2D eigenvalue weighted by Gasteiger charge is -2.14. The summed E-state index contributed by atoms with van der Waals surface area (Å²) in [4.78, 5) is 5.00. The summed E-state index contributed by atoms with van der Waals surface area (Å²) in [6, 6.07) is 26.9. The standard InChI is InChI=1S/C25H20N2O.ClH/c1-28-18-12-9-16(10-13-18)15-21-19-6-2-3-8-23(19)27-25-20(21)14-11-17-5-4-7-22(26)24(17)25;/h2-14H,15,26H2,1H3;1H. The van der Waals surface area contributed by atoms with Crippen LogP contribution in [0.5, 0.6) is 5.75 Å². The second-order valence-corrected chi connectivity index (χ2v) is 7.04. The number of hydrogen-bond donors (Lipinski definition) is 1. The van der Waals surface area contributed by atoms with Crippen LogP contribution < -0.4 is 10.5 Å². The molecule has 0 saturated carbocycles. The van der Waals surface area contributed by atoms with E-state index in [0.717, 1.165) is 45.0 Å². The van der Waals surface area contributed by atoms with Crippen LogP contribution in [0.4, 0.5) is 5.69 Å². The molecule has 0 unspecified atom stereocenters. The lowest BCUT2D eigenvalue weighted by molar-refractivity contribution is 0.414. The molecule has 0 bridgehead atoms. The van der Waals surface area contributed by atoms with Crippen LogP contribution in [0, 0.1) is 0 Å². The first-order chi connectivity index (χ1) is 13.7. The van der Waals surface area contributed by atoms with E-state index in [1.165, 1.54) is 16.5 Å². The van der Waals surface area contributed by atoms with Gasteiger partial charge >= 0.3 is 0 Å². The highest BCUT2D eigenvalue weighted by Crippen LogP contribution is 2.34. The molecule has 0 aliphatic heterocycles. The molecule has 144 valence electrons. The molecule has 3 nitrogen and oxygen atoms in total. The molecule has 5 rings (SSSR count). The van der Waals surface area contributed by atoms with Crippen molar-refractivity contribution in [2.24, 2.45) is 0 Å². The molecule has 0 spiro atoms. The van der Waals surface area contributed by atoms with Crippen LogP contribution in [0.3, 0.4) is 0 Å². The molecule has 0 aliphatic carbocycles. The van der Waals surface area contributed by atoms with Crippen LogP contribution in [-0.2, 0) is 6.42 Å². The molecule has 0 fully saturated rings. The molecule has 2 N–H and O–H groups in total. The molecule has 0 atom stereocenters. The van der Waals surface area contributed by atoms with Gasteiger partial charge in [0.05, 0.1) is 18.1 Å². The Morgan fingerprint density at radius 1 is 0.828 bits per heavy atom. The van der Waals surface area contributed by atoms with Gasteiger partial charge in [-0.3, -0.25) is 0 Å². The molecular weight excluding hydrogens is 380 g/mol. The summed E-state index contributed by atoms with van der Waals surface area (Å²) in [7, 11) is 1.69. The molecule has 0 amide bonds. The number of rotatable bonds is 3. The Morgan fingerprint density at radius 3 is 2.41 bits per heavy atom. The predicted octanol–water partition coefficient (Wildman–Crippen LogP) is 6.14. The first kappa shape index (κ1) is 19.0.